The first-order chi connectivity index (χ1) is 8.25. The molecule has 0 unspecified atom stereocenters. The summed E-state index contributed by atoms with van der Waals surface area (Å²) in [6.45, 7) is 2.07. The standard InChI is InChI=1S/C14H13N3.ClH/c1-10-6-8-11(9-7-10)17-13-5-3-2-4-12(13)16-14(17)15;/h2-9H,1H3,(H2,15,16);1H. The first kappa shape index (κ1) is 12.5. The van der Waals surface area contributed by atoms with Gasteiger partial charge in [0.1, 0.15) is 0 Å². The molecule has 3 nitrogen and oxygen atoms in total. The summed E-state index contributed by atoms with van der Waals surface area (Å²) in [6, 6.07) is 16.2. The zero-order valence-corrected chi connectivity index (χ0v) is 10.8. The van der Waals surface area contributed by atoms with E-state index >= 15 is 0 Å². The molecule has 0 fully saturated rings. The number of hydrogen-bond acceptors (Lipinski definition) is 2. The zero-order chi connectivity index (χ0) is 11.8. The third-order valence-electron chi connectivity index (χ3n) is 2.88. The van der Waals surface area contributed by atoms with Crippen molar-refractivity contribution in [2.45, 2.75) is 6.92 Å². The Morgan fingerprint density at radius 1 is 1.00 bits per heavy atom. The maximum atomic E-state index is 5.98. The summed E-state index contributed by atoms with van der Waals surface area (Å²) in [5.74, 6) is 0.523. The molecule has 3 rings (SSSR count). The number of rotatable bonds is 1. The molecule has 0 radical (unpaired) electrons. The maximum Gasteiger partial charge on any atom is 0.205 e. The van der Waals surface area contributed by atoms with E-state index in [0.717, 1.165) is 16.7 Å². The Balaban J connectivity index is 0.00000120. The Kier molecular flexibility index (Phi) is 3.26. The van der Waals surface area contributed by atoms with Gasteiger partial charge < -0.3 is 5.73 Å². The lowest BCUT2D eigenvalue weighted by atomic mass is 10.2. The van der Waals surface area contributed by atoms with Gasteiger partial charge in [-0.1, -0.05) is 29.8 Å². The van der Waals surface area contributed by atoms with Crippen molar-refractivity contribution < 1.29 is 0 Å². The number of para-hydroxylation sites is 2. The highest BCUT2D eigenvalue weighted by atomic mass is 35.5. The fourth-order valence-corrected chi connectivity index (χ4v) is 2.01. The lowest BCUT2D eigenvalue weighted by Crippen LogP contribution is -2.00. The molecule has 18 heavy (non-hydrogen) atoms. The highest BCUT2D eigenvalue weighted by Crippen LogP contribution is 2.22. The molecule has 0 atom stereocenters. The Morgan fingerprint density at radius 2 is 1.67 bits per heavy atom. The average molecular weight is 260 g/mol. The van der Waals surface area contributed by atoms with Crippen LogP contribution < -0.4 is 5.73 Å². The third kappa shape index (κ3) is 1.93. The van der Waals surface area contributed by atoms with Crippen LogP contribution in [-0.2, 0) is 0 Å². The Labute approximate surface area is 112 Å². The van der Waals surface area contributed by atoms with Crippen LogP contribution in [0.4, 0.5) is 5.95 Å². The van der Waals surface area contributed by atoms with Gasteiger partial charge in [0, 0.05) is 5.69 Å². The third-order valence-corrected chi connectivity index (χ3v) is 2.88. The molecule has 2 aromatic carbocycles. The molecule has 0 bridgehead atoms. The summed E-state index contributed by atoms with van der Waals surface area (Å²) in [5, 5.41) is 0. The number of nitrogens with two attached hydrogens (primary N) is 1. The quantitative estimate of drug-likeness (QED) is 0.728. The summed E-state index contributed by atoms with van der Waals surface area (Å²) in [6.07, 6.45) is 0. The molecule has 0 spiro atoms. The van der Waals surface area contributed by atoms with Crippen LogP contribution in [0, 0.1) is 6.92 Å². The Hall–Kier alpha value is -2.00. The number of imidazole rings is 1. The summed E-state index contributed by atoms with van der Waals surface area (Å²) in [5.41, 5.74) is 10.2. The fraction of sp³-hybridized carbons (Fsp3) is 0.0714. The molecule has 92 valence electrons. The van der Waals surface area contributed by atoms with E-state index in [1.54, 1.807) is 0 Å². The van der Waals surface area contributed by atoms with Crippen molar-refractivity contribution in [1.29, 1.82) is 0 Å². The second-order valence-electron chi connectivity index (χ2n) is 4.13. The van der Waals surface area contributed by atoms with E-state index in [-0.39, 0.29) is 12.4 Å². The van der Waals surface area contributed by atoms with Crippen molar-refractivity contribution >= 4 is 29.4 Å². The van der Waals surface area contributed by atoms with E-state index in [1.807, 2.05) is 28.8 Å². The van der Waals surface area contributed by atoms with Crippen LogP contribution in [0.5, 0.6) is 0 Å². The van der Waals surface area contributed by atoms with E-state index < -0.39 is 0 Å². The summed E-state index contributed by atoms with van der Waals surface area (Å²) in [7, 11) is 0. The molecular weight excluding hydrogens is 246 g/mol. The molecule has 0 saturated heterocycles. The van der Waals surface area contributed by atoms with Crippen LogP contribution in [0.25, 0.3) is 16.7 Å². The van der Waals surface area contributed by atoms with Gasteiger partial charge >= 0.3 is 0 Å². The molecule has 0 aliphatic heterocycles. The zero-order valence-electron chi connectivity index (χ0n) is 10.00. The highest BCUT2D eigenvalue weighted by Gasteiger charge is 2.08. The monoisotopic (exact) mass is 259 g/mol. The molecule has 0 aliphatic rings. The molecule has 2 N–H and O–H groups in total. The summed E-state index contributed by atoms with van der Waals surface area (Å²) in [4.78, 5) is 4.35. The number of fused-ring (bicyclic) bond motifs is 1. The van der Waals surface area contributed by atoms with Crippen molar-refractivity contribution in [2.75, 3.05) is 5.73 Å². The predicted molar refractivity (Wildman–Crippen MR) is 77.5 cm³/mol. The van der Waals surface area contributed by atoms with E-state index in [4.69, 9.17) is 5.73 Å². The minimum atomic E-state index is 0. The van der Waals surface area contributed by atoms with Gasteiger partial charge in [-0.3, -0.25) is 4.57 Å². The number of benzene rings is 2. The average Bonchev–Trinajstić information content (AvgIpc) is 2.66. The number of anilines is 1. The number of halogens is 1. The van der Waals surface area contributed by atoms with E-state index in [9.17, 15) is 0 Å². The van der Waals surface area contributed by atoms with Crippen molar-refractivity contribution in [3.63, 3.8) is 0 Å². The fourth-order valence-electron chi connectivity index (χ4n) is 2.01. The molecule has 3 aromatic rings. The first-order valence-electron chi connectivity index (χ1n) is 5.56. The number of nitrogens with zero attached hydrogens (tertiary/aromatic N) is 2. The topological polar surface area (TPSA) is 43.8 Å². The van der Waals surface area contributed by atoms with Crippen molar-refractivity contribution in [3.8, 4) is 5.69 Å². The normalized spacial score (nSPS) is 10.3. The number of aromatic nitrogens is 2. The maximum absolute atomic E-state index is 5.98. The smallest absolute Gasteiger partial charge is 0.205 e. The van der Waals surface area contributed by atoms with E-state index in [1.165, 1.54) is 5.56 Å². The van der Waals surface area contributed by atoms with Crippen molar-refractivity contribution in [2.24, 2.45) is 0 Å². The second kappa shape index (κ2) is 4.70. The summed E-state index contributed by atoms with van der Waals surface area (Å²) < 4.78 is 1.97. The van der Waals surface area contributed by atoms with E-state index in [2.05, 4.69) is 36.2 Å². The van der Waals surface area contributed by atoms with Crippen LogP contribution in [0.3, 0.4) is 0 Å². The predicted octanol–water partition coefficient (Wildman–Crippen LogP) is 3.34. The van der Waals surface area contributed by atoms with Gasteiger partial charge in [-0.05, 0) is 31.2 Å². The first-order valence-corrected chi connectivity index (χ1v) is 5.56. The van der Waals surface area contributed by atoms with Gasteiger partial charge in [0.05, 0.1) is 11.0 Å². The van der Waals surface area contributed by atoms with Gasteiger partial charge in [0.25, 0.3) is 0 Å². The molecular formula is C14H14ClN3. The van der Waals surface area contributed by atoms with Crippen LogP contribution in [-0.4, -0.2) is 9.55 Å². The van der Waals surface area contributed by atoms with Crippen LogP contribution in [0.1, 0.15) is 5.56 Å². The Bertz CT molecular complexity index is 671. The van der Waals surface area contributed by atoms with Gasteiger partial charge in [0.2, 0.25) is 5.95 Å². The number of nitrogen functional groups attached to an aromatic ring is 1. The SMILES string of the molecule is Cc1ccc(-n2c(N)nc3ccccc32)cc1.Cl. The van der Waals surface area contributed by atoms with Gasteiger partial charge in [-0.15, -0.1) is 12.4 Å². The molecule has 0 saturated carbocycles. The molecule has 0 amide bonds. The van der Waals surface area contributed by atoms with Crippen LogP contribution in [0.15, 0.2) is 48.5 Å². The largest absolute Gasteiger partial charge is 0.369 e. The van der Waals surface area contributed by atoms with Crippen LogP contribution >= 0.6 is 12.4 Å². The van der Waals surface area contributed by atoms with Gasteiger partial charge in [-0.25, -0.2) is 4.98 Å². The Morgan fingerprint density at radius 3 is 2.39 bits per heavy atom. The van der Waals surface area contributed by atoms with Gasteiger partial charge in [0.15, 0.2) is 0 Å². The highest BCUT2D eigenvalue weighted by molar-refractivity contribution is 5.85. The molecule has 0 aliphatic carbocycles. The second-order valence-corrected chi connectivity index (χ2v) is 4.13. The molecule has 1 heterocycles. The minimum Gasteiger partial charge on any atom is -0.369 e. The lowest BCUT2D eigenvalue weighted by Gasteiger charge is -2.06. The van der Waals surface area contributed by atoms with Crippen molar-refractivity contribution in [3.05, 3.63) is 54.1 Å². The van der Waals surface area contributed by atoms with Crippen molar-refractivity contribution in [1.82, 2.24) is 9.55 Å². The minimum absolute atomic E-state index is 0. The van der Waals surface area contributed by atoms with Gasteiger partial charge in [-0.2, -0.15) is 0 Å². The van der Waals surface area contributed by atoms with E-state index in [0.29, 0.717) is 5.95 Å². The summed E-state index contributed by atoms with van der Waals surface area (Å²) >= 11 is 0. The number of aryl methyl sites for hydroxylation is 1. The number of hydrogen-bond donors (Lipinski definition) is 1. The lowest BCUT2D eigenvalue weighted by molar-refractivity contribution is 1.11. The van der Waals surface area contributed by atoms with Crippen LogP contribution in [0.2, 0.25) is 0 Å². The molecule has 1 aromatic heterocycles. The molecule has 4 heteroatoms.